The third-order valence-corrected chi connectivity index (χ3v) is 21.4. The van der Waals surface area contributed by atoms with Crippen molar-refractivity contribution >= 4 is 43.4 Å². The van der Waals surface area contributed by atoms with Gasteiger partial charge in [-0.15, -0.1) is 0 Å². The van der Waals surface area contributed by atoms with Crippen molar-refractivity contribution in [1.82, 2.24) is 9.55 Å². The van der Waals surface area contributed by atoms with Crippen molar-refractivity contribution in [3.63, 3.8) is 0 Å². The fraction of sp³-hybridized carbons (Fsp3) is 0.320. The lowest BCUT2D eigenvalue weighted by Gasteiger charge is -2.41. The Kier molecular flexibility index (Phi) is 14.1. The van der Waals surface area contributed by atoms with Gasteiger partial charge < -0.3 is 24.6 Å². The number of ether oxygens (including phenoxy) is 1. The highest BCUT2D eigenvalue weighted by atomic mass is 28.4. The number of aromatic nitrogens is 2. The van der Waals surface area contributed by atoms with Crippen molar-refractivity contribution in [3.05, 3.63) is 163 Å². The lowest BCUT2D eigenvalue weighted by atomic mass is 9.97. The molecule has 4 N–H and O–H groups in total. The molecule has 1 atom stereocenters. The van der Waals surface area contributed by atoms with Crippen LogP contribution in [0.5, 0.6) is 0 Å². The van der Waals surface area contributed by atoms with Crippen molar-refractivity contribution in [2.24, 2.45) is 5.73 Å². The van der Waals surface area contributed by atoms with Crippen LogP contribution in [0, 0.1) is 0 Å². The molecule has 0 spiro atoms. The molecule has 1 aromatic heterocycles. The summed E-state index contributed by atoms with van der Waals surface area (Å²) in [4.78, 5) is 43.1. The average molecular weight is 824 g/mol. The minimum atomic E-state index is -3.16. The van der Waals surface area contributed by atoms with Gasteiger partial charge in [0.1, 0.15) is 0 Å². The molecule has 6 aromatic rings. The molecule has 0 amide bonds. The maximum absolute atomic E-state index is 13.2. The smallest absolute Gasteiger partial charge is 0.374 e. The van der Waals surface area contributed by atoms with Gasteiger partial charge in [0.2, 0.25) is 5.82 Å². The number of benzene rings is 5. The molecule has 0 fully saturated rings. The van der Waals surface area contributed by atoms with E-state index in [1.807, 2.05) is 120 Å². The lowest BCUT2D eigenvalue weighted by Crippen LogP contribution is -2.65. The van der Waals surface area contributed by atoms with Gasteiger partial charge in [-0.3, -0.25) is 0 Å². The minimum absolute atomic E-state index is 0.0248. The molecule has 1 heterocycles. The molecule has 0 unspecified atom stereocenters. The van der Waals surface area contributed by atoms with E-state index < -0.39 is 27.6 Å². The van der Waals surface area contributed by atoms with Gasteiger partial charge in [-0.05, 0) is 75.4 Å². The van der Waals surface area contributed by atoms with Crippen molar-refractivity contribution in [2.45, 2.75) is 95.8 Å². The molecule has 5 aromatic carbocycles. The lowest BCUT2D eigenvalue weighted by molar-refractivity contribution is 0.0506. The Morgan fingerprint density at radius 1 is 0.678 bits per heavy atom. The largest absolute Gasteiger partial charge is 0.460 e. The van der Waals surface area contributed by atoms with Crippen LogP contribution in [0.2, 0.25) is 10.1 Å². The summed E-state index contributed by atoms with van der Waals surface area (Å²) in [5, 5.41) is 3.30. The number of nitrogens with zero attached hydrogens (tertiary/aromatic N) is 2. The number of carbonyl (C=O) groups excluding carboxylic acids is 1. The average Bonchev–Trinajstić information content (AvgIpc) is 3.68. The van der Waals surface area contributed by atoms with Gasteiger partial charge in [-0.25, -0.2) is 9.78 Å². The molecule has 0 bridgehead atoms. The third kappa shape index (κ3) is 9.61. The van der Waals surface area contributed by atoms with Gasteiger partial charge in [0.05, 0.1) is 12.3 Å². The minimum Gasteiger partial charge on any atom is -0.460 e. The van der Waals surface area contributed by atoms with E-state index in [4.69, 9.17) is 15.5 Å². The number of rotatable bonds is 19. The summed E-state index contributed by atoms with van der Waals surface area (Å²) in [5.74, 6) is -0.168. The molecule has 9 heteroatoms. The van der Waals surface area contributed by atoms with E-state index in [1.165, 1.54) is 0 Å². The van der Waals surface area contributed by atoms with Crippen LogP contribution in [-0.2, 0) is 17.7 Å². The van der Waals surface area contributed by atoms with E-state index >= 15 is 0 Å². The normalized spacial score (nSPS) is 12.9. The van der Waals surface area contributed by atoms with Crippen molar-refractivity contribution in [2.75, 3.05) is 6.61 Å². The van der Waals surface area contributed by atoms with Crippen molar-refractivity contribution in [3.8, 4) is 11.3 Å². The number of imidazole rings is 1. The van der Waals surface area contributed by atoms with Gasteiger partial charge in [0, 0.05) is 24.3 Å². The maximum Gasteiger partial charge on any atom is 0.374 e. The Bertz CT molecular complexity index is 2150. The van der Waals surface area contributed by atoms with Gasteiger partial charge in [0.25, 0.3) is 16.6 Å². The van der Waals surface area contributed by atoms with Crippen LogP contribution in [-0.4, -0.2) is 54.4 Å². The van der Waals surface area contributed by atoms with Crippen LogP contribution in [0.4, 0.5) is 0 Å². The molecule has 308 valence electrons. The fourth-order valence-corrected chi connectivity index (χ4v) is 16.3. The molecule has 0 saturated carbocycles. The Morgan fingerprint density at radius 3 is 1.53 bits per heavy atom. The van der Waals surface area contributed by atoms with E-state index in [-0.39, 0.29) is 23.5 Å². The predicted octanol–water partition coefficient (Wildman–Crippen LogP) is 7.61. The number of nitrogens with two attached hydrogens (primary N) is 1. The number of hydrogen-bond donors (Lipinski definition) is 3. The van der Waals surface area contributed by atoms with Crippen LogP contribution < -0.4 is 26.5 Å². The summed E-state index contributed by atoms with van der Waals surface area (Å²) in [6, 6.07) is 48.8. The topological polar surface area (TPSA) is 111 Å². The highest BCUT2D eigenvalue weighted by Gasteiger charge is 2.50. The molecule has 0 radical (unpaired) electrons. The van der Waals surface area contributed by atoms with E-state index in [0.29, 0.717) is 12.2 Å². The Balaban J connectivity index is 1.11. The molecular weight excluding hydrogens is 763 g/mol. The molecule has 0 aliphatic heterocycles. The van der Waals surface area contributed by atoms with Gasteiger partial charge in [0.15, 0.2) is 0 Å². The molecular formula is C50H61N3O4Si2. The molecule has 6 rings (SSSR count). The molecule has 59 heavy (non-hydrogen) atoms. The zero-order valence-corrected chi connectivity index (χ0v) is 37.4. The van der Waals surface area contributed by atoms with E-state index in [1.54, 1.807) is 6.92 Å². The second kappa shape index (κ2) is 19.0. The summed E-state index contributed by atoms with van der Waals surface area (Å²) in [5.41, 5.74) is 9.50. The molecule has 0 aliphatic rings. The first-order valence-corrected chi connectivity index (χ1v) is 25.0. The first-order valence-electron chi connectivity index (χ1n) is 21.1. The summed E-state index contributed by atoms with van der Waals surface area (Å²) >= 11 is 0. The maximum atomic E-state index is 13.2. The highest BCUT2D eigenvalue weighted by Crippen LogP contribution is 2.41. The highest BCUT2D eigenvalue weighted by molar-refractivity contribution is 6.99. The summed E-state index contributed by atoms with van der Waals surface area (Å²) < 4.78 is 7.34. The van der Waals surface area contributed by atoms with Crippen molar-refractivity contribution in [1.29, 1.82) is 0 Å². The molecule has 0 saturated heterocycles. The number of aryl methyl sites for hydroxylation is 1. The number of esters is 1. The zero-order valence-electron chi connectivity index (χ0n) is 35.4. The Hall–Kier alpha value is -4.91. The summed E-state index contributed by atoms with van der Waals surface area (Å²) in [6.45, 7) is 11.4. The third-order valence-electron chi connectivity index (χ3n) is 12.3. The standard InChI is InChI=1S/C50H61N3O4Si2/c1-6-57-48(54)47-52-46(38-53(47)36-20-35-50(4,5)59(56,44-26-15-9-16-27-44)45-28-17-10-18-29-45)40-32-30-39(31-33-40)37-41(51)21-19-34-49(2,3)58(55,42-22-11-7-12-23-42)43-24-13-8-14-25-43/h7-18,22-33,38,41,55-56H,6,19-21,34-37,51H2,1-5H3/t41-/m1/s1. The predicted molar refractivity (Wildman–Crippen MR) is 247 cm³/mol. The summed E-state index contributed by atoms with van der Waals surface area (Å²) in [6.07, 6.45) is 6.77. The fourth-order valence-electron chi connectivity index (χ4n) is 8.77. The van der Waals surface area contributed by atoms with Gasteiger partial charge >= 0.3 is 5.97 Å². The summed E-state index contributed by atoms with van der Waals surface area (Å²) in [7, 11) is -6.23. The Morgan fingerprint density at radius 2 is 1.10 bits per heavy atom. The van der Waals surface area contributed by atoms with Crippen LogP contribution >= 0.6 is 0 Å². The number of hydrogen-bond acceptors (Lipinski definition) is 6. The van der Waals surface area contributed by atoms with E-state index in [2.05, 4.69) is 64.1 Å². The second-order valence-electron chi connectivity index (χ2n) is 17.2. The zero-order chi connectivity index (χ0) is 42.1. The van der Waals surface area contributed by atoms with E-state index in [0.717, 1.165) is 70.4 Å². The van der Waals surface area contributed by atoms with E-state index in [9.17, 15) is 14.4 Å². The van der Waals surface area contributed by atoms with Gasteiger partial charge in [-0.2, -0.15) is 0 Å². The van der Waals surface area contributed by atoms with Gasteiger partial charge in [-0.1, -0.05) is 180 Å². The number of carbonyl (C=O) groups is 1. The van der Waals surface area contributed by atoms with Crippen LogP contribution in [0.3, 0.4) is 0 Å². The van der Waals surface area contributed by atoms with Crippen LogP contribution in [0.15, 0.2) is 152 Å². The monoisotopic (exact) mass is 823 g/mol. The Labute approximate surface area is 353 Å². The van der Waals surface area contributed by atoms with Crippen LogP contribution in [0.1, 0.15) is 82.9 Å². The first kappa shape index (κ1) is 43.7. The molecule has 7 nitrogen and oxygen atoms in total. The van der Waals surface area contributed by atoms with Crippen molar-refractivity contribution < 1.29 is 19.1 Å². The molecule has 0 aliphatic carbocycles. The van der Waals surface area contributed by atoms with Crippen LogP contribution in [0.25, 0.3) is 11.3 Å². The SMILES string of the molecule is CCOC(=O)c1nc(-c2ccc(C[C@H](N)CCCC(C)(C)[Si](O)(c3ccccc3)c3ccccc3)cc2)cn1CCCC(C)(C)[Si](O)(c1ccccc1)c1ccccc1. The first-order chi connectivity index (χ1) is 28.3. The second-order valence-corrected chi connectivity index (χ2v) is 25.0. The quantitative estimate of drug-likeness (QED) is 0.0574.